The monoisotopic (exact) mass is 359 g/mol. The summed E-state index contributed by atoms with van der Waals surface area (Å²) in [5, 5.41) is 3.45. The van der Waals surface area contributed by atoms with E-state index in [2.05, 4.69) is 40.3 Å². The molecular weight excluding hydrogens is 334 g/mol. The van der Waals surface area contributed by atoms with Gasteiger partial charge in [0.25, 0.3) is 0 Å². The maximum atomic E-state index is 4.87. The van der Waals surface area contributed by atoms with Crippen LogP contribution in [0.25, 0.3) is 11.4 Å². The summed E-state index contributed by atoms with van der Waals surface area (Å²) >= 11 is 0. The lowest BCUT2D eigenvalue weighted by Crippen LogP contribution is -2.33. The molecule has 1 aliphatic heterocycles. The number of nitrogens with one attached hydrogen (secondary N) is 1. The Morgan fingerprint density at radius 3 is 2.48 bits per heavy atom. The number of hydrogen-bond acceptors (Lipinski definition) is 5. The normalized spacial score (nSPS) is 14.9. The van der Waals surface area contributed by atoms with E-state index in [1.54, 1.807) is 0 Å². The second-order valence-corrected chi connectivity index (χ2v) is 7.18. The molecule has 1 fully saturated rings. The molecular formula is C22H25N5. The van der Waals surface area contributed by atoms with E-state index in [1.165, 1.54) is 18.4 Å². The summed E-state index contributed by atoms with van der Waals surface area (Å²) in [5.74, 6) is 3.42. The van der Waals surface area contributed by atoms with Gasteiger partial charge >= 0.3 is 0 Å². The van der Waals surface area contributed by atoms with Gasteiger partial charge in [-0.15, -0.1) is 0 Å². The predicted octanol–water partition coefficient (Wildman–Crippen LogP) is 4.39. The standard InChI is InChI=1S/C22H25N5/c1-17-9-13-27(14-10-17)21-15-20(24-16-18-7-11-23-12-8-18)25-22(26-21)19-5-3-2-4-6-19/h2-8,11-12,15,17H,9-10,13-14,16H2,1H3,(H,24,25,26). The highest BCUT2D eigenvalue weighted by molar-refractivity contribution is 5.61. The third-order valence-corrected chi connectivity index (χ3v) is 5.08. The fraction of sp³-hybridized carbons (Fsp3) is 0.318. The van der Waals surface area contributed by atoms with Gasteiger partial charge in [-0.05, 0) is 36.5 Å². The van der Waals surface area contributed by atoms with Crippen molar-refractivity contribution in [3.05, 3.63) is 66.5 Å². The van der Waals surface area contributed by atoms with Crippen molar-refractivity contribution in [2.75, 3.05) is 23.3 Å². The second-order valence-electron chi connectivity index (χ2n) is 7.18. The average Bonchev–Trinajstić information content (AvgIpc) is 2.74. The molecule has 0 unspecified atom stereocenters. The van der Waals surface area contributed by atoms with Gasteiger partial charge in [0.15, 0.2) is 5.82 Å². The summed E-state index contributed by atoms with van der Waals surface area (Å²) in [4.78, 5) is 16.1. The van der Waals surface area contributed by atoms with Crippen LogP contribution in [-0.4, -0.2) is 28.0 Å². The molecule has 4 rings (SSSR count). The first-order valence-corrected chi connectivity index (χ1v) is 9.60. The van der Waals surface area contributed by atoms with Gasteiger partial charge in [-0.2, -0.15) is 0 Å². The van der Waals surface area contributed by atoms with Crippen LogP contribution in [0, 0.1) is 5.92 Å². The van der Waals surface area contributed by atoms with Crippen LogP contribution in [0.4, 0.5) is 11.6 Å². The number of nitrogens with zero attached hydrogens (tertiary/aromatic N) is 4. The van der Waals surface area contributed by atoms with E-state index in [-0.39, 0.29) is 0 Å². The molecule has 1 saturated heterocycles. The van der Waals surface area contributed by atoms with Gasteiger partial charge < -0.3 is 10.2 Å². The Kier molecular flexibility index (Phi) is 5.28. The van der Waals surface area contributed by atoms with Crippen LogP contribution in [0.1, 0.15) is 25.3 Å². The van der Waals surface area contributed by atoms with E-state index in [1.807, 2.05) is 42.7 Å². The predicted molar refractivity (Wildman–Crippen MR) is 110 cm³/mol. The quantitative estimate of drug-likeness (QED) is 0.732. The molecule has 0 amide bonds. The first-order chi connectivity index (χ1) is 13.3. The van der Waals surface area contributed by atoms with Crippen LogP contribution >= 0.6 is 0 Å². The minimum atomic E-state index is 0.713. The smallest absolute Gasteiger partial charge is 0.163 e. The van der Waals surface area contributed by atoms with Crippen molar-refractivity contribution in [1.82, 2.24) is 15.0 Å². The number of piperidine rings is 1. The van der Waals surface area contributed by atoms with E-state index in [9.17, 15) is 0 Å². The maximum absolute atomic E-state index is 4.87. The second kappa shape index (κ2) is 8.16. The van der Waals surface area contributed by atoms with Crippen molar-refractivity contribution in [3.63, 3.8) is 0 Å². The van der Waals surface area contributed by atoms with Crippen molar-refractivity contribution in [2.45, 2.75) is 26.3 Å². The molecule has 0 spiro atoms. The molecule has 3 aromatic rings. The zero-order valence-corrected chi connectivity index (χ0v) is 15.7. The third-order valence-electron chi connectivity index (χ3n) is 5.08. The van der Waals surface area contributed by atoms with Gasteiger partial charge in [-0.3, -0.25) is 4.98 Å². The summed E-state index contributed by atoms with van der Waals surface area (Å²) in [6, 6.07) is 16.3. The number of benzene rings is 1. The van der Waals surface area contributed by atoms with Crippen LogP contribution in [0.15, 0.2) is 60.9 Å². The fourth-order valence-electron chi connectivity index (χ4n) is 3.33. The van der Waals surface area contributed by atoms with E-state index in [0.29, 0.717) is 6.54 Å². The third kappa shape index (κ3) is 4.42. The van der Waals surface area contributed by atoms with E-state index in [0.717, 1.165) is 42.0 Å². The van der Waals surface area contributed by atoms with E-state index >= 15 is 0 Å². The molecule has 2 aromatic heterocycles. The molecule has 3 heterocycles. The Morgan fingerprint density at radius 1 is 1.00 bits per heavy atom. The summed E-state index contributed by atoms with van der Waals surface area (Å²) in [6.45, 7) is 5.14. The number of anilines is 2. The van der Waals surface area contributed by atoms with Gasteiger partial charge in [0.1, 0.15) is 11.6 Å². The lowest BCUT2D eigenvalue weighted by molar-refractivity contribution is 0.436. The summed E-state index contributed by atoms with van der Waals surface area (Å²) in [7, 11) is 0. The topological polar surface area (TPSA) is 53.9 Å². The highest BCUT2D eigenvalue weighted by Gasteiger charge is 2.18. The average molecular weight is 359 g/mol. The zero-order chi connectivity index (χ0) is 18.5. The van der Waals surface area contributed by atoms with Crippen molar-refractivity contribution < 1.29 is 0 Å². The molecule has 0 bridgehead atoms. The molecule has 0 radical (unpaired) electrons. The van der Waals surface area contributed by atoms with Crippen molar-refractivity contribution in [2.24, 2.45) is 5.92 Å². The molecule has 1 N–H and O–H groups in total. The van der Waals surface area contributed by atoms with Crippen LogP contribution in [0.2, 0.25) is 0 Å². The Balaban J connectivity index is 1.62. The Bertz CT molecular complexity index is 858. The lowest BCUT2D eigenvalue weighted by Gasteiger charge is -2.31. The fourth-order valence-corrected chi connectivity index (χ4v) is 3.33. The molecule has 0 atom stereocenters. The van der Waals surface area contributed by atoms with Gasteiger partial charge in [0.2, 0.25) is 0 Å². The van der Waals surface area contributed by atoms with Gasteiger partial charge in [0.05, 0.1) is 0 Å². The van der Waals surface area contributed by atoms with Crippen LogP contribution < -0.4 is 10.2 Å². The Labute approximate surface area is 160 Å². The number of rotatable bonds is 5. The minimum absolute atomic E-state index is 0.713. The largest absolute Gasteiger partial charge is 0.366 e. The van der Waals surface area contributed by atoms with Crippen molar-refractivity contribution in [1.29, 1.82) is 0 Å². The molecule has 0 aliphatic carbocycles. The van der Waals surface area contributed by atoms with Gasteiger partial charge in [0, 0.05) is 43.7 Å². The molecule has 5 heteroatoms. The Morgan fingerprint density at radius 2 is 1.74 bits per heavy atom. The summed E-state index contributed by atoms with van der Waals surface area (Å²) in [6.07, 6.45) is 6.05. The van der Waals surface area contributed by atoms with E-state index < -0.39 is 0 Å². The maximum Gasteiger partial charge on any atom is 0.163 e. The van der Waals surface area contributed by atoms with Crippen LogP contribution in [-0.2, 0) is 6.54 Å². The van der Waals surface area contributed by atoms with Gasteiger partial charge in [-0.25, -0.2) is 9.97 Å². The lowest BCUT2D eigenvalue weighted by atomic mass is 9.99. The number of pyridine rings is 1. The summed E-state index contributed by atoms with van der Waals surface area (Å²) in [5.41, 5.74) is 2.22. The van der Waals surface area contributed by atoms with Gasteiger partial charge in [-0.1, -0.05) is 37.3 Å². The summed E-state index contributed by atoms with van der Waals surface area (Å²) < 4.78 is 0. The van der Waals surface area contributed by atoms with E-state index in [4.69, 9.17) is 9.97 Å². The number of aromatic nitrogens is 3. The molecule has 0 saturated carbocycles. The first kappa shape index (κ1) is 17.5. The molecule has 27 heavy (non-hydrogen) atoms. The van der Waals surface area contributed by atoms with Crippen LogP contribution in [0.5, 0.6) is 0 Å². The minimum Gasteiger partial charge on any atom is -0.366 e. The molecule has 5 nitrogen and oxygen atoms in total. The molecule has 1 aromatic carbocycles. The molecule has 1 aliphatic rings. The molecule has 138 valence electrons. The number of hydrogen-bond donors (Lipinski definition) is 1. The highest BCUT2D eigenvalue weighted by atomic mass is 15.2. The highest BCUT2D eigenvalue weighted by Crippen LogP contribution is 2.26. The van der Waals surface area contributed by atoms with Crippen molar-refractivity contribution in [3.8, 4) is 11.4 Å². The first-order valence-electron chi connectivity index (χ1n) is 9.60. The SMILES string of the molecule is CC1CCN(c2cc(NCc3ccncc3)nc(-c3ccccc3)n2)CC1. The zero-order valence-electron chi connectivity index (χ0n) is 15.7. The van der Waals surface area contributed by atoms with Crippen molar-refractivity contribution >= 4 is 11.6 Å². The Hall–Kier alpha value is -2.95. The van der Waals surface area contributed by atoms with Crippen LogP contribution in [0.3, 0.4) is 0 Å².